The van der Waals surface area contributed by atoms with E-state index in [1.165, 1.54) is 6.92 Å². The third kappa shape index (κ3) is 6.40. The van der Waals surface area contributed by atoms with Crippen molar-refractivity contribution in [2.45, 2.75) is 51.7 Å². The Bertz CT molecular complexity index is 460. The number of carboxylic acid groups (broad SMARTS) is 1. The maximum absolute atomic E-state index is 12.2. The van der Waals surface area contributed by atoms with Crippen LogP contribution in [0.3, 0.4) is 0 Å². The highest BCUT2D eigenvalue weighted by Gasteiger charge is 2.22. The molecule has 0 unspecified atom stereocenters. The molecule has 21 heavy (non-hydrogen) atoms. The lowest BCUT2D eigenvalue weighted by Gasteiger charge is -2.22. The van der Waals surface area contributed by atoms with E-state index in [1.54, 1.807) is 0 Å². The van der Waals surface area contributed by atoms with Crippen molar-refractivity contribution < 1.29 is 14.7 Å². The first-order chi connectivity index (χ1) is 9.90. The fourth-order valence-corrected chi connectivity index (χ4v) is 2.02. The number of hydrogen-bond donors (Lipinski definition) is 3. The second-order valence-corrected chi connectivity index (χ2v) is 5.47. The molecule has 1 rings (SSSR count). The molecule has 1 aromatic carbocycles. The summed E-state index contributed by atoms with van der Waals surface area (Å²) in [6.45, 7) is 5.39. The van der Waals surface area contributed by atoms with E-state index < -0.39 is 18.1 Å². The van der Waals surface area contributed by atoms with Crippen molar-refractivity contribution >= 4 is 11.9 Å². The van der Waals surface area contributed by atoms with E-state index in [-0.39, 0.29) is 11.9 Å². The molecular formula is C16H24N2O3. The number of carboxylic acids is 1. The highest BCUT2D eigenvalue weighted by molar-refractivity contribution is 5.86. The zero-order chi connectivity index (χ0) is 15.8. The predicted molar refractivity (Wildman–Crippen MR) is 82.1 cm³/mol. The monoisotopic (exact) mass is 292 g/mol. The maximum Gasteiger partial charge on any atom is 0.325 e. The molecule has 1 amide bonds. The molecule has 0 saturated carbocycles. The van der Waals surface area contributed by atoms with Gasteiger partial charge in [0.15, 0.2) is 0 Å². The Kier molecular flexibility index (Phi) is 6.88. The summed E-state index contributed by atoms with van der Waals surface area (Å²) in [5.41, 5.74) is 1.16. The molecule has 0 radical (unpaired) electrons. The number of benzene rings is 1. The van der Waals surface area contributed by atoms with Crippen LogP contribution in [0.5, 0.6) is 0 Å². The van der Waals surface area contributed by atoms with Gasteiger partial charge in [-0.15, -0.1) is 0 Å². The second-order valence-electron chi connectivity index (χ2n) is 5.47. The van der Waals surface area contributed by atoms with Crippen LogP contribution in [0.15, 0.2) is 30.3 Å². The van der Waals surface area contributed by atoms with Crippen molar-refractivity contribution in [1.29, 1.82) is 0 Å². The molecule has 2 atom stereocenters. The minimum absolute atomic E-state index is 0.150. The third-order valence-electron chi connectivity index (χ3n) is 3.14. The van der Waals surface area contributed by atoms with Crippen LogP contribution in [0.2, 0.25) is 0 Å². The topological polar surface area (TPSA) is 78.4 Å². The van der Waals surface area contributed by atoms with Gasteiger partial charge >= 0.3 is 5.97 Å². The Labute approximate surface area is 125 Å². The van der Waals surface area contributed by atoms with Crippen LogP contribution in [0.1, 0.15) is 32.8 Å². The molecule has 0 aliphatic rings. The minimum Gasteiger partial charge on any atom is -0.480 e. The first kappa shape index (κ1) is 17.2. The van der Waals surface area contributed by atoms with Gasteiger partial charge in [-0.25, -0.2) is 0 Å². The largest absolute Gasteiger partial charge is 0.480 e. The molecule has 0 saturated heterocycles. The van der Waals surface area contributed by atoms with Crippen LogP contribution in [0.25, 0.3) is 0 Å². The molecule has 3 N–H and O–H groups in total. The highest BCUT2D eigenvalue weighted by Crippen LogP contribution is 2.06. The lowest BCUT2D eigenvalue weighted by molar-refractivity contribution is -0.141. The first-order valence-corrected chi connectivity index (χ1v) is 7.23. The number of carbonyl (C=O) groups excluding carboxylic acids is 1. The van der Waals surface area contributed by atoms with Crippen molar-refractivity contribution in [2.75, 3.05) is 0 Å². The Morgan fingerprint density at radius 2 is 1.76 bits per heavy atom. The van der Waals surface area contributed by atoms with Gasteiger partial charge in [0, 0.05) is 6.04 Å². The first-order valence-electron chi connectivity index (χ1n) is 7.23. The van der Waals surface area contributed by atoms with Gasteiger partial charge in [0.2, 0.25) is 5.91 Å². The Balaban J connectivity index is 2.62. The summed E-state index contributed by atoms with van der Waals surface area (Å²) in [5.74, 6) is -1.30. The number of aryl methyl sites for hydroxylation is 1. The quantitative estimate of drug-likeness (QED) is 0.679. The number of carbonyl (C=O) groups is 2. The number of rotatable bonds is 8. The van der Waals surface area contributed by atoms with Gasteiger partial charge in [-0.1, -0.05) is 44.2 Å². The molecule has 1 aromatic rings. The molecule has 116 valence electrons. The Morgan fingerprint density at radius 3 is 2.29 bits per heavy atom. The SMILES string of the molecule is CC(C)N[C@H](CCc1ccccc1)C(=O)N[C@@H](C)C(=O)O. The smallest absolute Gasteiger partial charge is 0.325 e. The van der Waals surface area contributed by atoms with Crippen molar-refractivity contribution in [3.05, 3.63) is 35.9 Å². The molecule has 5 heteroatoms. The number of amides is 1. The summed E-state index contributed by atoms with van der Waals surface area (Å²) in [7, 11) is 0. The molecule has 0 aliphatic carbocycles. The van der Waals surface area contributed by atoms with Crippen LogP contribution >= 0.6 is 0 Å². The molecule has 0 aliphatic heterocycles. The summed E-state index contributed by atoms with van der Waals surface area (Å²) in [4.78, 5) is 23.0. The Morgan fingerprint density at radius 1 is 1.14 bits per heavy atom. The van der Waals surface area contributed by atoms with E-state index in [0.29, 0.717) is 6.42 Å². The van der Waals surface area contributed by atoms with E-state index in [1.807, 2.05) is 44.2 Å². The van der Waals surface area contributed by atoms with Crippen LogP contribution in [0.4, 0.5) is 0 Å². The normalized spacial score (nSPS) is 13.7. The third-order valence-corrected chi connectivity index (χ3v) is 3.14. The van der Waals surface area contributed by atoms with E-state index in [4.69, 9.17) is 5.11 Å². The van der Waals surface area contributed by atoms with Crippen molar-refractivity contribution in [1.82, 2.24) is 10.6 Å². The zero-order valence-corrected chi connectivity index (χ0v) is 12.8. The minimum atomic E-state index is -1.03. The predicted octanol–water partition coefficient (Wildman–Crippen LogP) is 1.58. The van der Waals surface area contributed by atoms with E-state index >= 15 is 0 Å². The van der Waals surface area contributed by atoms with Crippen molar-refractivity contribution in [3.8, 4) is 0 Å². The second kappa shape index (κ2) is 8.42. The summed E-state index contributed by atoms with van der Waals surface area (Å²) in [6, 6.07) is 8.79. The molecule has 0 aromatic heterocycles. The van der Waals surface area contributed by atoms with Gasteiger partial charge in [-0.05, 0) is 25.3 Å². The Hall–Kier alpha value is -1.88. The summed E-state index contributed by atoms with van der Waals surface area (Å²) >= 11 is 0. The number of hydrogen-bond acceptors (Lipinski definition) is 3. The lowest BCUT2D eigenvalue weighted by atomic mass is 10.0. The van der Waals surface area contributed by atoms with Gasteiger partial charge in [0.05, 0.1) is 6.04 Å². The fraction of sp³-hybridized carbons (Fsp3) is 0.500. The van der Waals surface area contributed by atoms with Gasteiger partial charge in [0.1, 0.15) is 6.04 Å². The van der Waals surface area contributed by atoms with Gasteiger partial charge in [0.25, 0.3) is 0 Å². The van der Waals surface area contributed by atoms with Crippen LogP contribution in [0, 0.1) is 0 Å². The van der Waals surface area contributed by atoms with E-state index in [2.05, 4.69) is 10.6 Å². The van der Waals surface area contributed by atoms with E-state index in [9.17, 15) is 9.59 Å². The van der Waals surface area contributed by atoms with E-state index in [0.717, 1.165) is 12.0 Å². The van der Waals surface area contributed by atoms with Crippen LogP contribution < -0.4 is 10.6 Å². The highest BCUT2D eigenvalue weighted by atomic mass is 16.4. The lowest BCUT2D eigenvalue weighted by Crippen LogP contribution is -2.51. The van der Waals surface area contributed by atoms with Crippen molar-refractivity contribution in [3.63, 3.8) is 0 Å². The van der Waals surface area contributed by atoms with Crippen LogP contribution in [-0.4, -0.2) is 35.1 Å². The zero-order valence-electron chi connectivity index (χ0n) is 12.8. The molecular weight excluding hydrogens is 268 g/mol. The van der Waals surface area contributed by atoms with Gasteiger partial charge in [-0.2, -0.15) is 0 Å². The number of nitrogens with one attached hydrogen (secondary N) is 2. The average Bonchev–Trinajstić information content (AvgIpc) is 2.43. The summed E-state index contributed by atoms with van der Waals surface area (Å²) < 4.78 is 0. The van der Waals surface area contributed by atoms with Gasteiger partial charge < -0.3 is 15.7 Å². The maximum atomic E-state index is 12.2. The molecule has 0 fully saturated rings. The fourth-order valence-electron chi connectivity index (χ4n) is 2.02. The summed E-state index contributed by atoms with van der Waals surface area (Å²) in [6.07, 6.45) is 1.39. The molecule has 0 spiro atoms. The van der Waals surface area contributed by atoms with Crippen LogP contribution in [-0.2, 0) is 16.0 Å². The molecule has 0 bridgehead atoms. The average molecular weight is 292 g/mol. The molecule has 5 nitrogen and oxygen atoms in total. The summed E-state index contributed by atoms with van der Waals surface area (Å²) in [5, 5.41) is 14.6. The molecule has 0 heterocycles. The standard InChI is InChI=1S/C16H24N2O3/c1-11(2)17-14(15(19)18-12(3)16(20)21)10-9-13-7-5-4-6-8-13/h4-8,11-12,14,17H,9-10H2,1-3H3,(H,18,19)(H,20,21)/t12-,14+/m0/s1. The van der Waals surface area contributed by atoms with Crippen molar-refractivity contribution in [2.24, 2.45) is 0 Å². The van der Waals surface area contributed by atoms with Gasteiger partial charge in [-0.3, -0.25) is 9.59 Å². The number of aliphatic carboxylic acids is 1.